The highest BCUT2D eigenvalue weighted by molar-refractivity contribution is 7.89. The lowest BCUT2D eigenvalue weighted by Gasteiger charge is -2.26. The van der Waals surface area contributed by atoms with Gasteiger partial charge in [0, 0.05) is 31.2 Å². The molecule has 1 aliphatic heterocycles. The van der Waals surface area contributed by atoms with Gasteiger partial charge in [-0.25, -0.2) is 8.42 Å². The molecule has 3 rings (SSSR count). The molecule has 6 heteroatoms. The first-order valence-corrected chi connectivity index (χ1v) is 9.21. The second-order valence-corrected chi connectivity index (χ2v) is 8.21. The summed E-state index contributed by atoms with van der Waals surface area (Å²) < 4.78 is 27.5. The highest BCUT2D eigenvalue weighted by Gasteiger charge is 2.40. The molecule has 2 aliphatic rings. The molecule has 0 radical (unpaired) electrons. The van der Waals surface area contributed by atoms with Gasteiger partial charge in [-0.15, -0.1) is 0 Å². The first kappa shape index (κ1) is 15.5. The number of amides is 1. The van der Waals surface area contributed by atoms with E-state index in [4.69, 9.17) is 0 Å². The molecule has 0 bridgehead atoms. The van der Waals surface area contributed by atoms with Gasteiger partial charge < -0.3 is 4.90 Å². The molecule has 0 atom stereocenters. The molecule has 0 aromatic heterocycles. The maximum absolute atomic E-state index is 12.9. The molecule has 0 saturated heterocycles. The number of hydrogen-bond donors (Lipinski definition) is 0. The van der Waals surface area contributed by atoms with Crippen LogP contribution in [0.15, 0.2) is 23.1 Å². The Balaban J connectivity index is 1.97. The number of nitrogens with zero attached hydrogens (tertiary/aromatic N) is 2. The SMILES string of the molecule is CC(=O)N1CCc2cc(S(=O)(=O)N(C(C)C)C3CC3)ccc21. The largest absolute Gasteiger partial charge is 0.312 e. The van der Waals surface area contributed by atoms with Crippen LogP contribution in [0.1, 0.15) is 39.2 Å². The molecule has 1 aliphatic carbocycles. The summed E-state index contributed by atoms with van der Waals surface area (Å²) in [6.07, 6.45) is 2.60. The molecule has 1 saturated carbocycles. The Bertz CT molecular complexity index is 706. The van der Waals surface area contributed by atoms with E-state index in [9.17, 15) is 13.2 Å². The first-order chi connectivity index (χ1) is 10.3. The van der Waals surface area contributed by atoms with Gasteiger partial charge in [0.15, 0.2) is 0 Å². The van der Waals surface area contributed by atoms with Gasteiger partial charge in [0.2, 0.25) is 15.9 Å². The molecule has 1 fully saturated rings. The van der Waals surface area contributed by atoms with E-state index >= 15 is 0 Å². The van der Waals surface area contributed by atoms with Gasteiger partial charge in [-0.1, -0.05) is 0 Å². The van der Waals surface area contributed by atoms with Crippen LogP contribution in [0.25, 0.3) is 0 Å². The summed E-state index contributed by atoms with van der Waals surface area (Å²) in [5.41, 5.74) is 1.78. The van der Waals surface area contributed by atoms with Crippen LogP contribution in [0.3, 0.4) is 0 Å². The maximum Gasteiger partial charge on any atom is 0.243 e. The molecule has 1 aromatic rings. The Morgan fingerprint density at radius 2 is 2.00 bits per heavy atom. The second-order valence-electron chi connectivity index (χ2n) is 6.37. The van der Waals surface area contributed by atoms with Crippen LogP contribution in [-0.4, -0.2) is 37.3 Å². The predicted molar refractivity (Wildman–Crippen MR) is 85.4 cm³/mol. The van der Waals surface area contributed by atoms with Gasteiger partial charge >= 0.3 is 0 Å². The molecule has 1 heterocycles. The zero-order valence-corrected chi connectivity index (χ0v) is 14.1. The fourth-order valence-electron chi connectivity index (χ4n) is 3.21. The highest BCUT2D eigenvalue weighted by Crippen LogP contribution is 2.36. The standard InChI is InChI=1S/C16H22N2O3S/c1-11(2)18(14-4-5-14)22(20,21)15-6-7-16-13(10-15)8-9-17(16)12(3)19/h6-7,10-11,14H,4-5,8-9H2,1-3H3. The third-order valence-corrected chi connectivity index (χ3v) is 6.44. The number of carbonyl (C=O) groups excluding carboxylic acids is 1. The molecule has 120 valence electrons. The Morgan fingerprint density at radius 3 is 2.55 bits per heavy atom. The average molecular weight is 322 g/mol. The summed E-state index contributed by atoms with van der Waals surface area (Å²) in [4.78, 5) is 13.6. The topological polar surface area (TPSA) is 57.7 Å². The molecule has 0 N–H and O–H groups in total. The van der Waals surface area contributed by atoms with Gasteiger partial charge in [0.1, 0.15) is 0 Å². The van der Waals surface area contributed by atoms with Gasteiger partial charge in [-0.2, -0.15) is 4.31 Å². The van der Waals surface area contributed by atoms with Crippen molar-refractivity contribution >= 4 is 21.6 Å². The van der Waals surface area contributed by atoms with E-state index in [1.54, 1.807) is 27.4 Å². The minimum absolute atomic E-state index is 0.00357. The van der Waals surface area contributed by atoms with E-state index in [1.165, 1.54) is 6.92 Å². The molecule has 22 heavy (non-hydrogen) atoms. The smallest absolute Gasteiger partial charge is 0.243 e. The number of sulfonamides is 1. The fourth-order valence-corrected chi connectivity index (χ4v) is 5.14. The van der Waals surface area contributed by atoms with Crippen LogP contribution in [0.5, 0.6) is 0 Å². The van der Waals surface area contributed by atoms with Crippen LogP contribution in [-0.2, 0) is 21.2 Å². The number of carbonyl (C=O) groups is 1. The summed E-state index contributed by atoms with van der Waals surface area (Å²) in [7, 11) is -3.47. The van der Waals surface area contributed by atoms with Crippen molar-refractivity contribution in [3.05, 3.63) is 23.8 Å². The molecule has 0 unspecified atom stereocenters. The summed E-state index contributed by atoms with van der Waals surface area (Å²) >= 11 is 0. The Morgan fingerprint density at radius 1 is 1.32 bits per heavy atom. The van der Waals surface area contributed by atoms with Gasteiger partial charge in [0.25, 0.3) is 0 Å². The van der Waals surface area contributed by atoms with E-state index in [0.29, 0.717) is 17.9 Å². The molecule has 1 aromatic carbocycles. The Kier molecular flexibility index (Phi) is 3.77. The normalized spacial score (nSPS) is 18.1. The van der Waals surface area contributed by atoms with Gasteiger partial charge in [0.05, 0.1) is 4.90 Å². The summed E-state index contributed by atoms with van der Waals surface area (Å²) in [6.45, 7) is 6.00. The second kappa shape index (κ2) is 5.35. The van der Waals surface area contributed by atoms with Crippen molar-refractivity contribution in [2.45, 2.75) is 57.0 Å². The fraction of sp³-hybridized carbons (Fsp3) is 0.562. The zero-order valence-electron chi connectivity index (χ0n) is 13.2. The summed E-state index contributed by atoms with van der Waals surface area (Å²) in [5, 5.41) is 0. The lowest BCUT2D eigenvalue weighted by Crippen LogP contribution is -2.38. The first-order valence-electron chi connectivity index (χ1n) is 7.77. The molecule has 1 amide bonds. The summed E-state index contributed by atoms with van der Waals surface area (Å²) in [5.74, 6) is -0.00357. The molecular weight excluding hydrogens is 300 g/mol. The van der Waals surface area contributed by atoms with Crippen molar-refractivity contribution in [1.29, 1.82) is 0 Å². The number of benzene rings is 1. The minimum atomic E-state index is -3.47. The number of rotatable bonds is 4. The van der Waals surface area contributed by atoms with Crippen LogP contribution in [0, 0.1) is 0 Å². The van der Waals surface area contributed by atoms with Crippen LogP contribution in [0.4, 0.5) is 5.69 Å². The van der Waals surface area contributed by atoms with E-state index in [2.05, 4.69) is 0 Å². The Hall–Kier alpha value is -1.40. The highest BCUT2D eigenvalue weighted by atomic mass is 32.2. The van der Waals surface area contributed by atoms with E-state index < -0.39 is 10.0 Å². The van der Waals surface area contributed by atoms with Crippen LogP contribution in [0.2, 0.25) is 0 Å². The van der Waals surface area contributed by atoms with Crippen molar-refractivity contribution in [1.82, 2.24) is 4.31 Å². The number of fused-ring (bicyclic) bond motifs is 1. The minimum Gasteiger partial charge on any atom is -0.312 e. The van der Waals surface area contributed by atoms with Crippen molar-refractivity contribution in [2.24, 2.45) is 0 Å². The van der Waals surface area contributed by atoms with E-state index in [0.717, 1.165) is 24.1 Å². The van der Waals surface area contributed by atoms with E-state index in [1.807, 2.05) is 13.8 Å². The molecular formula is C16H22N2O3S. The molecule has 0 spiro atoms. The van der Waals surface area contributed by atoms with Gasteiger partial charge in [-0.05, 0) is 56.9 Å². The van der Waals surface area contributed by atoms with Crippen LogP contribution < -0.4 is 4.90 Å². The molecule has 5 nitrogen and oxygen atoms in total. The zero-order chi connectivity index (χ0) is 16.1. The van der Waals surface area contributed by atoms with Gasteiger partial charge in [-0.3, -0.25) is 4.79 Å². The lowest BCUT2D eigenvalue weighted by atomic mass is 10.2. The van der Waals surface area contributed by atoms with Crippen molar-refractivity contribution in [2.75, 3.05) is 11.4 Å². The van der Waals surface area contributed by atoms with Crippen molar-refractivity contribution in [3.8, 4) is 0 Å². The monoisotopic (exact) mass is 322 g/mol. The third kappa shape index (κ3) is 2.54. The van der Waals surface area contributed by atoms with E-state index in [-0.39, 0.29) is 18.0 Å². The quantitative estimate of drug-likeness (QED) is 0.853. The maximum atomic E-state index is 12.9. The third-order valence-electron chi connectivity index (χ3n) is 4.32. The average Bonchev–Trinajstić information content (AvgIpc) is 3.15. The van der Waals surface area contributed by atoms with Crippen molar-refractivity contribution < 1.29 is 13.2 Å². The number of hydrogen-bond acceptors (Lipinski definition) is 3. The summed E-state index contributed by atoms with van der Waals surface area (Å²) in [6, 6.07) is 5.24. The Labute approximate surface area is 132 Å². The van der Waals surface area contributed by atoms with Crippen LogP contribution >= 0.6 is 0 Å². The lowest BCUT2D eigenvalue weighted by molar-refractivity contribution is -0.116. The number of anilines is 1. The van der Waals surface area contributed by atoms with Crippen molar-refractivity contribution in [3.63, 3.8) is 0 Å². The predicted octanol–water partition coefficient (Wildman–Crippen LogP) is 2.16.